The summed E-state index contributed by atoms with van der Waals surface area (Å²) in [6.45, 7) is 0. The predicted molar refractivity (Wildman–Crippen MR) is 210 cm³/mol. The van der Waals surface area contributed by atoms with Crippen LogP contribution in [0.25, 0.3) is 0 Å². The second-order valence-electron chi connectivity index (χ2n) is 12.9. The summed E-state index contributed by atoms with van der Waals surface area (Å²) in [5.74, 6) is 0. The molecule has 0 fully saturated rings. The van der Waals surface area contributed by atoms with Crippen LogP contribution in [0.4, 0.5) is 39.5 Å². The van der Waals surface area contributed by atoms with Gasteiger partial charge in [0, 0.05) is 15.9 Å². The molecule has 0 N–H and O–H groups in total. The average Bonchev–Trinajstić information content (AvgIpc) is 4.07. The van der Waals surface area contributed by atoms with Gasteiger partial charge < -0.3 is 35.2 Å². The third-order valence-corrected chi connectivity index (χ3v) is 14.3. The summed E-state index contributed by atoms with van der Waals surface area (Å²) in [6.07, 6.45) is -30.3. The van der Waals surface area contributed by atoms with Crippen LogP contribution in [0.3, 0.4) is 0 Å². The number of hydrogen-bond acceptors (Lipinski definition) is 10. The van der Waals surface area contributed by atoms with Crippen LogP contribution in [0.1, 0.15) is 52.2 Å². The first-order valence-electron chi connectivity index (χ1n) is 18.1. The summed E-state index contributed by atoms with van der Waals surface area (Å²) in [5.41, 5.74) is 0. The fraction of sp³-hybridized carbons (Fsp3) is 0.286. The largest absolute Gasteiger partial charge is 2.00 e. The Bertz CT molecular complexity index is 1900. The Labute approximate surface area is 504 Å². The molecule has 65 heavy (non-hydrogen) atoms. The van der Waals surface area contributed by atoms with Crippen LogP contribution < -0.4 is 46.6 Å². The Morgan fingerprint density at radius 1 is 0.385 bits per heavy atom. The predicted octanol–water partition coefficient (Wildman–Crippen LogP) is 5.82. The van der Waals surface area contributed by atoms with Crippen LogP contribution >= 0.6 is 41.2 Å². The molecular weight excluding hydrogens is 1370 g/mol. The van der Waals surface area contributed by atoms with Gasteiger partial charge in [0.15, 0.2) is 7.14 Å². The zero-order valence-corrected chi connectivity index (χ0v) is 43.6. The first-order valence-corrected chi connectivity index (χ1v) is 22.4. The molecule has 3 aromatic heterocycles. The minimum absolute atomic E-state index is 0. The summed E-state index contributed by atoms with van der Waals surface area (Å²) in [4.78, 5) is 0.820. The molecule has 6 aromatic rings. The molecule has 0 aliphatic rings. The number of alkyl halides is 9. The van der Waals surface area contributed by atoms with E-state index in [9.17, 15) is 74.7 Å². The Kier molecular flexibility index (Phi) is 32.5. The van der Waals surface area contributed by atoms with Gasteiger partial charge in [0.25, 0.3) is 0 Å². The molecule has 3 aromatic carbocycles. The van der Waals surface area contributed by atoms with Crippen molar-refractivity contribution in [3.05, 3.63) is 158 Å². The zero-order chi connectivity index (χ0) is 46.1. The maximum Gasteiger partial charge on any atom is 2.00 e. The smallest absolute Gasteiger partial charge is 0.848 e. The minimum atomic E-state index is -4.82. The van der Waals surface area contributed by atoms with Crippen LogP contribution in [0.15, 0.2) is 144 Å². The van der Waals surface area contributed by atoms with Gasteiger partial charge in [0.1, 0.15) is 0 Å². The van der Waals surface area contributed by atoms with E-state index in [1.54, 1.807) is 34.3 Å². The molecule has 23 heteroatoms. The molecule has 0 amide bonds. The van der Waals surface area contributed by atoms with Crippen molar-refractivity contribution in [2.75, 3.05) is 0 Å². The van der Waals surface area contributed by atoms with E-state index in [0.29, 0.717) is 0 Å². The van der Waals surface area contributed by atoms with E-state index in [2.05, 4.69) is 0 Å². The third kappa shape index (κ3) is 22.9. The van der Waals surface area contributed by atoms with Crippen molar-refractivity contribution in [3.63, 3.8) is 0 Å². The maximum absolute atomic E-state index is 13.8. The normalized spacial score (nSPS) is 14.2. The monoisotopic (exact) mass is 1410 g/mol. The van der Waals surface area contributed by atoms with Gasteiger partial charge in [-0.1, -0.05) is 147 Å². The quantitative estimate of drug-likeness (QED) is 0.111. The van der Waals surface area contributed by atoms with E-state index < -0.39 is 81.6 Å². The van der Waals surface area contributed by atoms with Gasteiger partial charge >= 0.3 is 167 Å². The van der Waals surface area contributed by atoms with Crippen molar-refractivity contribution in [1.29, 1.82) is 0 Å². The van der Waals surface area contributed by atoms with E-state index in [1.165, 1.54) is 18.2 Å². The van der Waals surface area contributed by atoms with Crippen molar-refractivity contribution in [1.82, 2.24) is 0 Å². The van der Waals surface area contributed by atoms with Gasteiger partial charge in [0.2, 0.25) is 0 Å². The molecule has 6 rings (SSSR count). The molecule has 0 spiro atoms. The topological polar surface area (TPSA) is 155 Å². The van der Waals surface area contributed by atoms with E-state index in [1.807, 2.05) is 91.0 Å². The molecule has 353 valence electrons. The molecule has 0 aliphatic carbocycles. The Hall–Kier alpha value is 0.873. The summed E-state index contributed by atoms with van der Waals surface area (Å²) in [6, 6.07) is 38.2. The van der Waals surface area contributed by atoms with Crippen LogP contribution in [0, 0.1) is 148 Å². The number of hydrogen-bond donors (Lipinski definition) is 0. The summed E-state index contributed by atoms with van der Waals surface area (Å²) >= 11 is 3.19. The van der Waals surface area contributed by atoms with E-state index >= 15 is 0 Å². The van der Waals surface area contributed by atoms with Crippen molar-refractivity contribution < 1.29 is 223 Å². The van der Waals surface area contributed by atoms with Gasteiger partial charge in [-0.3, -0.25) is 0 Å². The zero-order valence-electron chi connectivity index (χ0n) is 33.0. The summed E-state index contributed by atoms with van der Waals surface area (Å²) in [5, 5.41) is 72.5. The van der Waals surface area contributed by atoms with Crippen LogP contribution in [0.2, 0.25) is 0 Å². The molecule has 3 radical (unpaired) electrons. The van der Waals surface area contributed by atoms with Gasteiger partial charge in [-0.2, -0.15) is 73.5 Å². The Morgan fingerprint density at radius 2 is 0.600 bits per heavy atom. The van der Waals surface area contributed by atoms with E-state index in [-0.39, 0.29) is 163 Å². The van der Waals surface area contributed by atoms with Crippen LogP contribution in [-0.2, 0) is 4.57 Å². The van der Waals surface area contributed by atoms with Gasteiger partial charge in [-0.05, 0) is 67.3 Å². The van der Waals surface area contributed by atoms with Crippen molar-refractivity contribution in [2.45, 2.75) is 74.4 Å². The number of rotatable bonds is 12. The molecule has 3 heterocycles. The number of benzene rings is 3. The fourth-order valence-electron chi connectivity index (χ4n) is 5.12. The van der Waals surface area contributed by atoms with Gasteiger partial charge in [0.05, 0.1) is 0 Å². The Balaban J connectivity index is 0.000000840. The molecule has 0 aliphatic heterocycles. The van der Waals surface area contributed by atoms with Crippen molar-refractivity contribution >= 4 is 57.1 Å². The molecule has 0 saturated carbocycles. The third-order valence-electron chi connectivity index (χ3n) is 8.32. The molecule has 0 saturated heterocycles. The van der Waals surface area contributed by atoms with Crippen LogP contribution in [0.5, 0.6) is 0 Å². The minimum Gasteiger partial charge on any atom is -0.848 e. The molecule has 0 bridgehead atoms. The molecule has 6 atom stereocenters. The number of thiophene rings is 3. The molecule has 7 nitrogen and oxygen atoms in total. The Morgan fingerprint density at radius 3 is 0.769 bits per heavy atom. The standard InChI is InChI=1S/C18H15OP.3C8H7F3O2S.3Eu/c19-20(16-10-4-1-5-11-16,17-12-6-2-7-13-17)18-14-8-3-9-15-18;3*9-8(10,11)7(13)4-5(12)6-2-1-3-14-6;;;/h1-15H;3*1-3,5,7H,4H2;;;/q;3*-2;3*+2. The molecular formula is C42H36Eu3F9O7PS3. The van der Waals surface area contributed by atoms with Gasteiger partial charge in [-0.15, -0.1) is 0 Å². The summed E-state index contributed by atoms with van der Waals surface area (Å²) in [7, 11) is -2.78. The molecule has 6 unspecified atom stereocenters. The van der Waals surface area contributed by atoms with E-state index in [0.717, 1.165) is 49.9 Å². The maximum atomic E-state index is 13.8. The van der Waals surface area contributed by atoms with Crippen molar-refractivity contribution in [2.24, 2.45) is 0 Å². The van der Waals surface area contributed by atoms with E-state index in [4.69, 9.17) is 0 Å². The van der Waals surface area contributed by atoms with Crippen molar-refractivity contribution in [3.8, 4) is 0 Å². The SMILES string of the molecule is O=P(c1ccccc1)(c1ccccc1)c1ccccc1.[Eu+2].[Eu+2].[Eu+2].[O-]C(CC([O-])C(F)(F)F)c1cccs1.[O-]C(CC([O-])C(F)(F)F)c1cccs1.[O-]C(CC([O-])C(F)(F)F)c1cccs1. The van der Waals surface area contributed by atoms with Crippen LogP contribution in [-0.4, -0.2) is 36.8 Å². The first kappa shape index (κ1) is 65.9. The average molecular weight is 1410 g/mol. The second-order valence-corrected chi connectivity index (χ2v) is 18.6. The first-order chi connectivity index (χ1) is 29.0. The second kappa shape index (κ2) is 32.1. The number of halogens is 9. The summed E-state index contributed by atoms with van der Waals surface area (Å²) < 4.78 is 120. The fourth-order valence-corrected chi connectivity index (χ4v) is 9.95. The van der Waals surface area contributed by atoms with Gasteiger partial charge in [-0.25, -0.2) is 0 Å².